The summed E-state index contributed by atoms with van der Waals surface area (Å²) >= 11 is 1.75. The summed E-state index contributed by atoms with van der Waals surface area (Å²) in [5.74, 6) is 0.193. The Kier molecular flexibility index (Phi) is 6.83. The lowest BCUT2D eigenvalue weighted by atomic mass is 10.1. The van der Waals surface area contributed by atoms with Gasteiger partial charge in [0.15, 0.2) is 6.04 Å². The van der Waals surface area contributed by atoms with Gasteiger partial charge in [-0.25, -0.2) is 0 Å². The molecule has 1 aromatic heterocycles. The third kappa shape index (κ3) is 5.40. The molecular formula is C21H31N3OS+2. The summed E-state index contributed by atoms with van der Waals surface area (Å²) in [6, 6.07) is 13.0. The van der Waals surface area contributed by atoms with Crippen LogP contribution < -0.4 is 15.1 Å². The predicted molar refractivity (Wildman–Crippen MR) is 107 cm³/mol. The fraction of sp³-hybridized carbons (Fsp3) is 0.476. The lowest BCUT2D eigenvalue weighted by Crippen LogP contribution is -3.29. The van der Waals surface area contributed by atoms with Crippen LogP contribution in [0.5, 0.6) is 0 Å². The largest absolute Gasteiger partial charge is 0.351 e. The Hall–Kier alpha value is -1.69. The molecule has 26 heavy (non-hydrogen) atoms. The molecule has 2 heterocycles. The van der Waals surface area contributed by atoms with Crippen molar-refractivity contribution in [3.63, 3.8) is 0 Å². The summed E-state index contributed by atoms with van der Waals surface area (Å²) in [7, 11) is 0. The number of quaternary nitrogens is 2. The van der Waals surface area contributed by atoms with E-state index >= 15 is 0 Å². The molecule has 0 unspecified atom stereocenters. The van der Waals surface area contributed by atoms with Crippen LogP contribution in [0.25, 0.3) is 0 Å². The van der Waals surface area contributed by atoms with Gasteiger partial charge in [-0.1, -0.05) is 35.9 Å². The number of thiophene rings is 1. The minimum Gasteiger partial charge on any atom is -0.351 e. The van der Waals surface area contributed by atoms with E-state index in [0.717, 1.165) is 45.7 Å². The van der Waals surface area contributed by atoms with Crippen molar-refractivity contribution < 1.29 is 14.6 Å². The summed E-state index contributed by atoms with van der Waals surface area (Å²) in [4.78, 5) is 16.8. The normalized spacial score (nSPS) is 21.3. The predicted octanol–water partition coefficient (Wildman–Crippen LogP) is 0.0873. The summed E-state index contributed by atoms with van der Waals surface area (Å²) in [5.41, 5.74) is 2.75. The molecule has 0 saturated carbocycles. The van der Waals surface area contributed by atoms with Gasteiger partial charge >= 0.3 is 0 Å². The van der Waals surface area contributed by atoms with E-state index in [1.807, 2.05) is 0 Å². The maximum Gasteiger partial charge on any atom is 0.278 e. The molecule has 1 aromatic carbocycles. The van der Waals surface area contributed by atoms with E-state index in [1.54, 1.807) is 16.2 Å². The van der Waals surface area contributed by atoms with Crippen molar-refractivity contribution in [3.8, 4) is 0 Å². The first kappa shape index (κ1) is 19.1. The zero-order chi connectivity index (χ0) is 18.4. The summed E-state index contributed by atoms with van der Waals surface area (Å²) in [6.45, 7) is 10.5. The van der Waals surface area contributed by atoms with Crippen molar-refractivity contribution in [3.05, 3.63) is 57.8 Å². The number of hydrogen-bond donors (Lipinski definition) is 3. The van der Waals surface area contributed by atoms with Crippen LogP contribution in [0.3, 0.4) is 0 Å². The zero-order valence-electron chi connectivity index (χ0n) is 15.9. The Bertz CT molecular complexity index is 693. The molecule has 140 valence electrons. The fourth-order valence-corrected chi connectivity index (χ4v) is 4.46. The quantitative estimate of drug-likeness (QED) is 0.632. The number of nitrogens with one attached hydrogen (secondary N) is 3. The van der Waals surface area contributed by atoms with Gasteiger partial charge in [0.25, 0.3) is 5.91 Å². The minimum absolute atomic E-state index is 0.0406. The zero-order valence-corrected chi connectivity index (χ0v) is 16.7. The van der Waals surface area contributed by atoms with Crippen LogP contribution in [0.2, 0.25) is 0 Å². The van der Waals surface area contributed by atoms with Crippen LogP contribution in [0.4, 0.5) is 0 Å². The van der Waals surface area contributed by atoms with Crippen molar-refractivity contribution in [1.29, 1.82) is 0 Å². The molecule has 0 spiro atoms. The molecule has 1 saturated heterocycles. The summed E-state index contributed by atoms with van der Waals surface area (Å²) < 4.78 is 0. The molecule has 1 atom stereocenters. The molecule has 0 radical (unpaired) electrons. The van der Waals surface area contributed by atoms with E-state index in [-0.39, 0.29) is 11.9 Å². The summed E-state index contributed by atoms with van der Waals surface area (Å²) in [5, 5.41) is 5.20. The summed E-state index contributed by atoms with van der Waals surface area (Å²) in [6.07, 6.45) is 0.930. The van der Waals surface area contributed by atoms with E-state index in [1.165, 1.54) is 20.9 Å². The van der Waals surface area contributed by atoms with Gasteiger partial charge in [0, 0.05) is 17.0 Å². The van der Waals surface area contributed by atoms with Gasteiger partial charge < -0.3 is 15.1 Å². The molecule has 0 aliphatic carbocycles. The van der Waals surface area contributed by atoms with Crippen LogP contribution in [0, 0.1) is 6.92 Å². The van der Waals surface area contributed by atoms with Gasteiger partial charge in [-0.15, -0.1) is 11.3 Å². The number of amides is 1. The number of hydrogen-bond acceptors (Lipinski definition) is 2. The maximum atomic E-state index is 12.4. The van der Waals surface area contributed by atoms with Crippen LogP contribution >= 0.6 is 11.3 Å². The highest BCUT2D eigenvalue weighted by Crippen LogP contribution is 2.08. The Morgan fingerprint density at radius 1 is 1.19 bits per heavy atom. The number of aryl methyl sites for hydroxylation is 1. The van der Waals surface area contributed by atoms with Gasteiger partial charge in [0.1, 0.15) is 32.7 Å². The van der Waals surface area contributed by atoms with E-state index in [0.29, 0.717) is 0 Å². The number of piperazine rings is 1. The van der Waals surface area contributed by atoms with Crippen molar-refractivity contribution in [1.82, 2.24) is 5.32 Å². The smallest absolute Gasteiger partial charge is 0.278 e. The van der Waals surface area contributed by atoms with E-state index < -0.39 is 0 Å². The van der Waals surface area contributed by atoms with Gasteiger partial charge in [0.05, 0.1) is 0 Å². The standard InChI is InChI=1S/C21H29N3OS/c1-17-5-3-6-19(15-17)16-23-10-12-24(13-11-23)18(2)21(25)22-9-8-20-7-4-14-26-20/h3-7,14-15,18H,8-13,16H2,1-2H3,(H,22,25)/p+2/t18-/m0/s1. The van der Waals surface area contributed by atoms with Crippen LogP contribution in [-0.2, 0) is 17.8 Å². The second-order valence-electron chi connectivity index (χ2n) is 7.42. The van der Waals surface area contributed by atoms with Crippen molar-refractivity contribution in [2.45, 2.75) is 32.9 Å². The first-order valence-electron chi connectivity index (χ1n) is 9.65. The topological polar surface area (TPSA) is 38.0 Å². The second kappa shape index (κ2) is 9.31. The molecule has 2 aromatic rings. The maximum absolute atomic E-state index is 12.4. The number of carbonyl (C=O) groups excluding carboxylic acids is 1. The van der Waals surface area contributed by atoms with E-state index in [9.17, 15) is 4.79 Å². The molecule has 3 N–H and O–H groups in total. The number of rotatable bonds is 7. The van der Waals surface area contributed by atoms with Crippen LogP contribution in [0.1, 0.15) is 22.9 Å². The Balaban J connectivity index is 1.39. The number of carbonyl (C=O) groups is 1. The van der Waals surface area contributed by atoms with Crippen LogP contribution in [0.15, 0.2) is 41.8 Å². The molecule has 5 heteroatoms. The molecule has 1 aliphatic rings. The Labute approximate surface area is 160 Å². The average Bonchev–Trinajstić information content (AvgIpc) is 3.15. The molecule has 3 rings (SSSR count). The highest BCUT2D eigenvalue weighted by atomic mass is 32.1. The van der Waals surface area contributed by atoms with Crippen molar-refractivity contribution >= 4 is 17.2 Å². The highest BCUT2D eigenvalue weighted by molar-refractivity contribution is 7.09. The van der Waals surface area contributed by atoms with Gasteiger partial charge in [-0.2, -0.15) is 0 Å². The lowest BCUT2D eigenvalue weighted by molar-refractivity contribution is -1.02. The SMILES string of the molecule is Cc1cccc(C[NH+]2CC[NH+]([C@@H](C)C(=O)NCCc3cccs3)CC2)c1. The molecule has 1 amide bonds. The van der Waals surface area contributed by atoms with Crippen molar-refractivity contribution in [2.24, 2.45) is 0 Å². The van der Waals surface area contributed by atoms with Crippen molar-refractivity contribution in [2.75, 3.05) is 32.7 Å². The monoisotopic (exact) mass is 373 g/mol. The second-order valence-corrected chi connectivity index (χ2v) is 8.45. The van der Waals surface area contributed by atoms with E-state index in [4.69, 9.17) is 0 Å². The Morgan fingerprint density at radius 2 is 2.00 bits per heavy atom. The third-order valence-corrected chi connectivity index (χ3v) is 6.33. The van der Waals surface area contributed by atoms with Gasteiger partial charge in [-0.3, -0.25) is 4.79 Å². The highest BCUT2D eigenvalue weighted by Gasteiger charge is 2.30. The third-order valence-electron chi connectivity index (χ3n) is 5.39. The molecule has 0 bridgehead atoms. The molecule has 1 fully saturated rings. The van der Waals surface area contributed by atoms with E-state index in [2.05, 4.69) is 60.9 Å². The minimum atomic E-state index is 0.0406. The molecular weight excluding hydrogens is 342 g/mol. The first-order chi connectivity index (χ1) is 12.6. The first-order valence-corrected chi connectivity index (χ1v) is 10.5. The average molecular weight is 374 g/mol. The molecule has 4 nitrogen and oxygen atoms in total. The Morgan fingerprint density at radius 3 is 2.69 bits per heavy atom. The lowest BCUT2D eigenvalue weighted by Gasteiger charge is -2.32. The van der Waals surface area contributed by atoms with Gasteiger partial charge in [0.2, 0.25) is 0 Å². The number of benzene rings is 1. The molecule has 1 aliphatic heterocycles. The van der Waals surface area contributed by atoms with Crippen LogP contribution in [-0.4, -0.2) is 44.7 Å². The fourth-order valence-electron chi connectivity index (χ4n) is 3.75. The van der Waals surface area contributed by atoms with Gasteiger partial charge in [-0.05, 0) is 31.7 Å².